The van der Waals surface area contributed by atoms with Crippen LogP contribution in [0.25, 0.3) is 11.1 Å². The second-order valence-electron chi connectivity index (χ2n) is 6.80. The van der Waals surface area contributed by atoms with Crippen molar-refractivity contribution in [2.45, 2.75) is 64.7 Å². The van der Waals surface area contributed by atoms with Crippen LogP contribution in [0.4, 0.5) is 13.2 Å². The van der Waals surface area contributed by atoms with Crippen molar-refractivity contribution in [3.8, 4) is 0 Å². The van der Waals surface area contributed by atoms with E-state index in [0.717, 1.165) is 12.8 Å². The summed E-state index contributed by atoms with van der Waals surface area (Å²) in [5, 5.41) is 3.41. The number of halogens is 3. The highest BCUT2D eigenvalue weighted by Gasteiger charge is 2.35. The third-order valence-electron chi connectivity index (χ3n) is 4.73. The maximum absolute atomic E-state index is 13.3. The van der Waals surface area contributed by atoms with E-state index in [0.29, 0.717) is 36.4 Å². The summed E-state index contributed by atoms with van der Waals surface area (Å²) in [6, 6.07) is 3.26. The molecule has 2 atom stereocenters. The predicted molar refractivity (Wildman–Crippen MR) is 86.6 cm³/mol. The second-order valence-corrected chi connectivity index (χ2v) is 6.80. The van der Waals surface area contributed by atoms with Crippen LogP contribution < -0.4 is 5.32 Å². The number of benzene rings is 1. The molecule has 1 N–H and O–H groups in total. The fourth-order valence-corrected chi connectivity index (χ4v) is 3.48. The number of oxazole rings is 1. The molecule has 1 heterocycles. The van der Waals surface area contributed by atoms with E-state index >= 15 is 0 Å². The van der Waals surface area contributed by atoms with Gasteiger partial charge in [-0.1, -0.05) is 26.7 Å². The van der Waals surface area contributed by atoms with E-state index in [9.17, 15) is 13.2 Å². The molecule has 0 amide bonds. The van der Waals surface area contributed by atoms with E-state index in [1.807, 2.05) is 6.92 Å². The number of fused-ring (bicyclic) bond motifs is 1. The summed E-state index contributed by atoms with van der Waals surface area (Å²) in [7, 11) is 0. The van der Waals surface area contributed by atoms with Crippen LogP contribution in [-0.2, 0) is 19.1 Å². The lowest BCUT2D eigenvalue weighted by Gasteiger charge is -2.27. The summed E-state index contributed by atoms with van der Waals surface area (Å²) in [6.45, 7) is 4.46. The number of aryl methyl sites for hydroxylation is 1. The first-order valence-electron chi connectivity index (χ1n) is 8.59. The highest BCUT2D eigenvalue weighted by atomic mass is 19.4. The van der Waals surface area contributed by atoms with E-state index in [-0.39, 0.29) is 11.1 Å². The highest BCUT2D eigenvalue weighted by molar-refractivity contribution is 5.78. The zero-order valence-corrected chi connectivity index (χ0v) is 14.0. The lowest BCUT2D eigenvalue weighted by atomic mass is 9.87. The van der Waals surface area contributed by atoms with Crippen LogP contribution in [0.3, 0.4) is 0 Å². The van der Waals surface area contributed by atoms with Gasteiger partial charge in [0.2, 0.25) is 0 Å². The van der Waals surface area contributed by atoms with Crippen molar-refractivity contribution in [1.29, 1.82) is 0 Å². The van der Waals surface area contributed by atoms with Crippen LogP contribution >= 0.6 is 0 Å². The van der Waals surface area contributed by atoms with Crippen LogP contribution in [-0.4, -0.2) is 11.0 Å². The lowest BCUT2D eigenvalue weighted by molar-refractivity contribution is -0.136. The van der Waals surface area contributed by atoms with Crippen molar-refractivity contribution in [3.63, 3.8) is 0 Å². The van der Waals surface area contributed by atoms with Gasteiger partial charge in [-0.25, -0.2) is 4.98 Å². The summed E-state index contributed by atoms with van der Waals surface area (Å²) < 4.78 is 45.3. The first-order valence-corrected chi connectivity index (χ1v) is 8.59. The molecule has 3 nitrogen and oxygen atoms in total. The van der Waals surface area contributed by atoms with Crippen molar-refractivity contribution in [2.24, 2.45) is 5.92 Å². The van der Waals surface area contributed by atoms with Crippen molar-refractivity contribution in [3.05, 3.63) is 29.2 Å². The number of nitrogens with one attached hydrogen (secondary N) is 1. The summed E-state index contributed by atoms with van der Waals surface area (Å²) in [6.07, 6.45) is 0.606. The van der Waals surface area contributed by atoms with E-state index < -0.39 is 11.7 Å². The fourth-order valence-electron chi connectivity index (χ4n) is 3.48. The molecule has 1 fully saturated rings. The van der Waals surface area contributed by atoms with Gasteiger partial charge in [-0.05, 0) is 36.5 Å². The maximum Gasteiger partial charge on any atom is 0.420 e. The summed E-state index contributed by atoms with van der Waals surface area (Å²) >= 11 is 0. The summed E-state index contributed by atoms with van der Waals surface area (Å²) in [5.41, 5.74) is -0.00473. The Balaban J connectivity index is 1.85. The molecule has 24 heavy (non-hydrogen) atoms. The molecule has 1 saturated carbocycles. The number of hydrogen-bond acceptors (Lipinski definition) is 3. The van der Waals surface area contributed by atoms with Crippen LogP contribution in [0.5, 0.6) is 0 Å². The van der Waals surface area contributed by atoms with Gasteiger partial charge >= 0.3 is 6.18 Å². The third kappa shape index (κ3) is 3.74. The number of nitrogens with zero attached hydrogens (tertiary/aromatic N) is 1. The number of rotatable bonds is 4. The van der Waals surface area contributed by atoms with E-state index in [1.54, 1.807) is 6.07 Å². The normalized spacial score (nSPS) is 22.2. The second kappa shape index (κ2) is 6.75. The van der Waals surface area contributed by atoms with Gasteiger partial charge in [-0.3, -0.25) is 0 Å². The molecular weight excluding hydrogens is 317 g/mol. The molecule has 0 radical (unpaired) electrons. The predicted octanol–water partition coefficient (Wildman–Crippen LogP) is 5.08. The molecular formula is C18H23F3N2O. The molecule has 1 aliphatic carbocycles. The van der Waals surface area contributed by atoms with Crippen molar-refractivity contribution < 1.29 is 17.6 Å². The van der Waals surface area contributed by atoms with Crippen LogP contribution in [0.2, 0.25) is 0 Å². The molecule has 0 saturated heterocycles. The molecule has 2 unspecified atom stereocenters. The monoisotopic (exact) mass is 340 g/mol. The van der Waals surface area contributed by atoms with E-state index in [4.69, 9.17) is 4.42 Å². The van der Waals surface area contributed by atoms with Gasteiger partial charge in [0, 0.05) is 19.0 Å². The maximum atomic E-state index is 13.3. The lowest BCUT2D eigenvalue weighted by Crippen LogP contribution is -2.33. The topological polar surface area (TPSA) is 38.1 Å². The largest absolute Gasteiger partial charge is 0.440 e. The van der Waals surface area contributed by atoms with Gasteiger partial charge < -0.3 is 9.73 Å². The minimum Gasteiger partial charge on any atom is -0.440 e. The Kier molecular flexibility index (Phi) is 4.85. The first-order chi connectivity index (χ1) is 11.4. The van der Waals surface area contributed by atoms with Gasteiger partial charge in [-0.15, -0.1) is 0 Å². The minimum atomic E-state index is -4.45. The van der Waals surface area contributed by atoms with E-state index in [2.05, 4.69) is 17.2 Å². The van der Waals surface area contributed by atoms with Crippen molar-refractivity contribution >= 4 is 11.1 Å². The Morgan fingerprint density at radius 3 is 2.75 bits per heavy atom. The van der Waals surface area contributed by atoms with Crippen LogP contribution in [0.15, 0.2) is 16.5 Å². The Morgan fingerprint density at radius 2 is 2.08 bits per heavy atom. The quantitative estimate of drug-likeness (QED) is 0.844. The molecule has 1 aromatic carbocycles. The Labute approximate surface area is 139 Å². The van der Waals surface area contributed by atoms with Gasteiger partial charge in [0.05, 0.1) is 0 Å². The molecule has 6 heteroatoms. The molecule has 3 rings (SSSR count). The minimum absolute atomic E-state index is 0.158. The molecule has 132 valence electrons. The number of aromatic nitrogens is 1. The van der Waals surface area contributed by atoms with Gasteiger partial charge in [0.1, 0.15) is 11.1 Å². The molecule has 0 spiro atoms. The zero-order chi connectivity index (χ0) is 17.3. The van der Waals surface area contributed by atoms with Crippen molar-refractivity contribution in [2.75, 3.05) is 0 Å². The summed E-state index contributed by atoms with van der Waals surface area (Å²) in [4.78, 5) is 4.18. The summed E-state index contributed by atoms with van der Waals surface area (Å²) in [5.74, 6) is 1.01. The number of hydrogen-bond donors (Lipinski definition) is 1. The Bertz CT molecular complexity index is 708. The third-order valence-corrected chi connectivity index (χ3v) is 4.73. The molecule has 0 aliphatic heterocycles. The van der Waals surface area contributed by atoms with Gasteiger partial charge in [0.25, 0.3) is 0 Å². The first kappa shape index (κ1) is 17.3. The standard InChI is InChI=1S/C18H23F3N2O/c1-3-16-23-15-9-12(8-14(17(15)24-16)18(19,20)21)10-22-13-6-4-5-11(2)7-13/h8-9,11,13,22H,3-7,10H2,1-2H3. The number of alkyl halides is 3. The van der Waals surface area contributed by atoms with Crippen LogP contribution in [0, 0.1) is 5.92 Å². The Hall–Kier alpha value is -1.56. The zero-order valence-electron chi connectivity index (χ0n) is 14.0. The highest BCUT2D eigenvalue weighted by Crippen LogP contribution is 2.36. The van der Waals surface area contributed by atoms with Crippen LogP contribution in [0.1, 0.15) is 56.5 Å². The Morgan fingerprint density at radius 1 is 1.29 bits per heavy atom. The van der Waals surface area contributed by atoms with Crippen molar-refractivity contribution in [1.82, 2.24) is 10.3 Å². The fraction of sp³-hybridized carbons (Fsp3) is 0.611. The SMILES string of the molecule is CCc1nc2cc(CNC3CCCC(C)C3)cc(C(F)(F)F)c2o1. The molecule has 2 aromatic rings. The smallest absolute Gasteiger partial charge is 0.420 e. The molecule has 1 aromatic heterocycles. The van der Waals surface area contributed by atoms with E-state index in [1.165, 1.54) is 18.9 Å². The molecule has 0 bridgehead atoms. The average molecular weight is 340 g/mol. The average Bonchev–Trinajstić information content (AvgIpc) is 2.94. The van der Waals surface area contributed by atoms with Gasteiger partial charge in [-0.2, -0.15) is 13.2 Å². The van der Waals surface area contributed by atoms with Gasteiger partial charge in [0.15, 0.2) is 11.5 Å². The molecule has 1 aliphatic rings.